The quantitative estimate of drug-likeness (QED) is 0.0252. The molecule has 16 N–H and O–H groups in total. The molecule has 0 heterocycles. The molecule has 0 aliphatic carbocycles. The summed E-state index contributed by atoms with van der Waals surface area (Å²) in [6.07, 6.45) is -6.40. The predicted molar refractivity (Wildman–Crippen MR) is 325 cm³/mol. The van der Waals surface area contributed by atoms with Crippen LogP contribution in [0.3, 0.4) is 0 Å². The SMILES string of the molecule is CC[C@H](C)[C@H](NC(=O)C(NC(=O)[C@@H](NC(=O)OCc1ccccc1)[C@H](NC(=O)OC(C)(C)C)c1ccccc1)[C@H](O)C(C)C)C(=O)C[C@H](CCCN=C(N)N)C(=O)N[C@H](C(=O)C[C@H](C(=O)NCC(=O)C[C@@H](CO)C(=O)N[C@@H](CO)C(=O)O)[C@H](C)O)[C@@H](C)CC. The van der Waals surface area contributed by atoms with Gasteiger partial charge in [0.1, 0.15) is 30.3 Å². The van der Waals surface area contributed by atoms with Gasteiger partial charge in [-0.3, -0.25) is 43.3 Å². The molecule has 28 heteroatoms. The van der Waals surface area contributed by atoms with Crippen molar-refractivity contribution in [1.29, 1.82) is 0 Å². The van der Waals surface area contributed by atoms with Crippen molar-refractivity contribution in [3.8, 4) is 0 Å². The third-order valence-corrected chi connectivity index (χ3v) is 14.7. The zero-order valence-electron chi connectivity index (χ0n) is 52.5. The number of aliphatic imine (C=N–C) groups is 1. The maximum absolute atomic E-state index is 14.9. The van der Waals surface area contributed by atoms with Crippen molar-refractivity contribution in [1.82, 2.24) is 37.2 Å². The van der Waals surface area contributed by atoms with Gasteiger partial charge in [-0.05, 0) is 69.4 Å². The second-order valence-electron chi connectivity index (χ2n) is 23.4. The number of hydrogen-bond donors (Lipinski definition) is 14. The number of alkyl carbamates (subject to hydrolysis) is 2. The van der Waals surface area contributed by atoms with Crippen LogP contribution < -0.4 is 48.7 Å². The van der Waals surface area contributed by atoms with Gasteiger partial charge in [-0.25, -0.2) is 14.4 Å². The number of benzene rings is 2. The molecule has 89 heavy (non-hydrogen) atoms. The molecule has 0 radical (unpaired) electrons. The number of nitrogens with one attached hydrogen (secondary N) is 7. The number of Topliss-reactive ketones (excluding diaryl/α,β-unsaturated/α-hetero) is 3. The fraction of sp³-hybridized carbons (Fsp3) is 0.607. The Labute approximate surface area is 519 Å². The standard InChI is InChI=1S/C61H94N10O18/c1-11-34(5)46(68-56(83)50(51(78)33(3)4)69-55(82)49(71-59(86)88-32-37-20-15-13-16-21-37)48(38-22-17-14-18-23-38)70-60(87)89-61(8,9)10)44(76)27-39(24-19-25-64-58(62)63)52(79)67-47(35(6)12-2)45(77)28-42(36(7)74)54(81)65-29-41(75)26-40(30-72)53(80)66-43(31-73)57(84)85/h13-18,20-23,33-36,39-40,42-43,46-51,72-74,78H,11-12,19,24-32H2,1-10H3,(H,65,81)(H,66,80)(H,67,79)(H,68,83)(H,69,82)(H,70,87)(H,71,86)(H,84,85)(H4,62,63,64)/t34-,35-,36-,39-,40-,42-,43-,46-,47-,48+,49-,50?,51+/m0/s1. The summed E-state index contributed by atoms with van der Waals surface area (Å²) >= 11 is 0. The second kappa shape index (κ2) is 38.4. The van der Waals surface area contributed by atoms with E-state index in [1.807, 2.05) is 5.32 Å². The van der Waals surface area contributed by atoms with E-state index in [-0.39, 0.29) is 38.4 Å². The van der Waals surface area contributed by atoms with Crippen LogP contribution in [0.1, 0.15) is 131 Å². The number of nitrogens with zero attached hydrogens (tertiary/aromatic N) is 1. The fourth-order valence-corrected chi connectivity index (χ4v) is 9.09. The van der Waals surface area contributed by atoms with Crippen LogP contribution in [0.25, 0.3) is 0 Å². The van der Waals surface area contributed by atoms with Gasteiger partial charge in [0, 0.05) is 31.7 Å². The Bertz CT molecular complexity index is 2690. The van der Waals surface area contributed by atoms with Crippen LogP contribution in [-0.2, 0) is 59.2 Å². The van der Waals surface area contributed by atoms with Crippen molar-refractivity contribution in [3.05, 3.63) is 71.8 Å². The van der Waals surface area contributed by atoms with Crippen LogP contribution in [-0.4, -0.2) is 171 Å². The third-order valence-electron chi connectivity index (χ3n) is 14.7. The number of hydrogen-bond acceptors (Lipinski definition) is 18. The highest BCUT2D eigenvalue weighted by atomic mass is 16.6. The minimum absolute atomic E-state index is 0.0173. The first-order valence-corrected chi connectivity index (χ1v) is 29.7. The number of carboxylic acids is 1. The number of aliphatic hydroxyl groups is 4. The van der Waals surface area contributed by atoms with Gasteiger partial charge < -0.3 is 83.7 Å². The lowest BCUT2D eigenvalue weighted by atomic mass is 9.85. The van der Waals surface area contributed by atoms with Gasteiger partial charge in [-0.15, -0.1) is 0 Å². The van der Waals surface area contributed by atoms with Crippen LogP contribution in [0, 0.1) is 35.5 Å². The lowest BCUT2D eigenvalue weighted by Gasteiger charge is -2.33. The van der Waals surface area contributed by atoms with Crippen LogP contribution in [0.2, 0.25) is 0 Å². The van der Waals surface area contributed by atoms with Crippen molar-refractivity contribution in [3.63, 3.8) is 0 Å². The van der Waals surface area contributed by atoms with Gasteiger partial charge in [0.25, 0.3) is 0 Å². The summed E-state index contributed by atoms with van der Waals surface area (Å²) in [7, 11) is 0. The minimum Gasteiger partial charge on any atom is -0.480 e. The zero-order valence-corrected chi connectivity index (χ0v) is 52.5. The summed E-state index contributed by atoms with van der Waals surface area (Å²) in [6, 6.07) is 7.32. The molecule has 0 fully saturated rings. The van der Waals surface area contributed by atoms with Gasteiger partial charge in [0.2, 0.25) is 29.5 Å². The molecular weight excluding hydrogens is 1160 g/mol. The Morgan fingerprint density at radius 2 is 1.13 bits per heavy atom. The molecule has 0 saturated heterocycles. The zero-order chi connectivity index (χ0) is 67.3. The number of carboxylic acid groups (broad SMARTS) is 1. The first-order chi connectivity index (χ1) is 41.8. The highest BCUT2D eigenvalue weighted by molar-refractivity contribution is 5.98. The normalized spacial score (nSPS) is 15.8. The molecule has 13 atom stereocenters. The van der Waals surface area contributed by atoms with E-state index >= 15 is 0 Å². The van der Waals surface area contributed by atoms with Crippen molar-refractivity contribution < 1.29 is 87.7 Å². The van der Waals surface area contributed by atoms with Gasteiger partial charge in [-0.1, -0.05) is 115 Å². The molecule has 1 unspecified atom stereocenters. The number of carbonyl (C=O) groups is 11. The number of aliphatic hydroxyl groups excluding tert-OH is 4. The Morgan fingerprint density at radius 3 is 1.64 bits per heavy atom. The molecule has 2 aromatic carbocycles. The number of nitrogens with two attached hydrogens (primary N) is 2. The number of carbonyl (C=O) groups excluding carboxylic acids is 10. The first-order valence-electron chi connectivity index (χ1n) is 29.7. The van der Waals surface area contributed by atoms with Crippen molar-refractivity contribution in [2.24, 2.45) is 52.0 Å². The monoisotopic (exact) mass is 1250 g/mol. The molecule has 28 nitrogen and oxygen atoms in total. The van der Waals surface area contributed by atoms with Gasteiger partial charge in [0.05, 0.1) is 61.9 Å². The van der Waals surface area contributed by atoms with Crippen LogP contribution in [0.15, 0.2) is 65.7 Å². The van der Waals surface area contributed by atoms with E-state index in [1.165, 1.54) is 6.92 Å². The average Bonchev–Trinajstić information content (AvgIpc) is 2.56. The summed E-state index contributed by atoms with van der Waals surface area (Å²) in [4.78, 5) is 154. The topological polar surface area (TPSA) is 456 Å². The molecule has 7 amide bonds. The van der Waals surface area contributed by atoms with E-state index in [0.717, 1.165) is 0 Å². The Balaban J connectivity index is 2.55. The highest BCUT2D eigenvalue weighted by Crippen LogP contribution is 2.24. The molecule has 0 spiro atoms. The van der Waals surface area contributed by atoms with Gasteiger partial charge in [0.15, 0.2) is 23.3 Å². The Kier molecular flexibility index (Phi) is 33.2. The summed E-state index contributed by atoms with van der Waals surface area (Å²) < 4.78 is 11.0. The molecule has 0 saturated carbocycles. The lowest BCUT2D eigenvalue weighted by molar-refractivity contribution is -0.144. The second-order valence-corrected chi connectivity index (χ2v) is 23.4. The molecule has 2 rings (SSSR count). The number of guanidine groups is 1. The Morgan fingerprint density at radius 1 is 0.607 bits per heavy atom. The van der Waals surface area contributed by atoms with E-state index in [9.17, 15) is 73.2 Å². The smallest absolute Gasteiger partial charge is 0.408 e. The van der Waals surface area contributed by atoms with E-state index in [4.69, 9.17) is 26.0 Å². The largest absolute Gasteiger partial charge is 0.480 e. The van der Waals surface area contributed by atoms with E-state index in [0.29, 0.717) is 17.5 Å². The summed E-state index contributed by atoms with van der Waals surface area (Å²) in [5, 5.41) is 68.1. The summed E-state index contributed by atoms with van der Waals surface area (Å²) in [6.45, 7) is 13.2. The third kappa shape index (κ3) is 27.1. The fourth-order valence-electron chi connectivity index (χ4n) is 9.09. The maximum atomic E-state index is 14.9. The number of amides is 7. The maximum Gasteiger partial charge on any atom is 0.408 e. The molecule has 2 aromatic rings. The Hall–Kier alpha value is -8.08. The van der Waals surface area contributed by atoms with E-state index < -0.39 is 194 Å². The van der Waals surface area contributed by atoms with E-state index in [2.05, 4.69) is 36.9 Å². The van der Waals surface area contributed by atoms with Crippen molar-refractivity contribution in [2.75, 3.05) is 26.3 Å². The van der Waals surface area contributed by atoms with Crippen molar-refractivity contribution in [2.45, 2.75) is 175 Å². The molecule has 0 bridgehead atoms. The molecular formula is C61H94N10O18. The highest BCUT2D eigenvalue weighted by Gasteiger charge is 2.41. The number of ketones is 3. The van der Waals surface area contributed by atoms with Crippen LogP contribution in [0.4, 0.5) is 9.59 Å². The minimum atomic E-state index is -1.83. The molecule has 0 aromatic heterocycles. The number of aliphatic carboxylic acids is 1. The van der Waals surface area contributed by atoms with Gasteiger partial charge >= 0.3 is 18.2 Å². The predicted octanol–water partition coefficient (Wildman–Crippen LogP) is 0.942. The summed E-state index contributed by atoms with van der Waals surface area (Å²) in [5.41, 5.74) is 11.1. The van der Waals surface area contributed by atoms with Crippen LogP contribution >= 0.6 is 0 Å². The number of ether oxygens (including phenoxy) is 2. The molecule has 496 valence electrons. The van der Waals surface area contributed by atoms with Crippen LogP contribution in [0.5, 0.6) is 0 Å². The average molecular weight is 1260 g/mol. The van der Waals surface area contributed by atoms with Gasteiger partial charge in [-0.2, -0.15) is 0 Å². The molecule has 0 aliphatic heterocycles. The first kappa shape index (κ1) is 77.0. The van der Waals surface area contributed by atoms with Crippen molar-refractivity contribution >= 4 is 71.0 Å². The number of rotatable bonds is 39. The molecule has 0 aliphatic rings. The lowest BCUT2D eigenvalue weighted by Crippen LogP contribution is -2.62. The van der Waals surface area contributed by atoms with E-state index in [1.54, 1.807) is 123 Å². The summed E-state index contributed by atoms with van der Waals surface area (Å²) in [5.74, 6) is -15.0.